The highest BCUT2D eigenvalue weighted by Gasteiger charge is 2.24. The first-order chi connectivity index (χ1) is 14.6. The predicted octanol–water partition coefficient (Wildman–Crippen LogP) is 0.343. The molecule has 166 valence electrons. The molecule has 0 bridgehead atoms. The predicted molar refractivity (Wildman–Crippen MR) is 115 cm³/mol. The van der Waals surface area contributed by atoms with Crippen LogP contribution in [0.4, 0.5) is 0 Å². The van der Waals surface area contributed by atoms with Gasteiger partial charge in [-0.15, -0.1) is 0 Å². The second kappa shape index (κ2) is 11.0. The molecule has 0 atom stereocenters. The molecule has 1 amide bonds. The summed E-state index contributed by atoms with van der Waals surface area (Å²) in [6, 6.07) is 5.33. The molecule has 2 fully saturated rings. The lowest BCUT2D eigenvalue weighted by atomic mass is 10.2. The highest BCUT2D eigenvalue weighted by atomic mass is 16.5. The summed E-state index contributed by atoms with van der Waals surface area (Å²) in [5.41, 5.74) is 0.915. The number of hydrogen-bond acceptors (Lipinski definition) is 6. The Labute approximate surface area is 178 Å². The minimum absolute atomic E-state index is 0.119. The molecule has 1 aromatic rings. The second-order valence-corrected chi connectivity index (χ2v) is 7.43. The maximum absolute atomic E-state index is 12.5. The summed E-state index contributed by atoms with van der Waals surface area (Å²) in [6.07, 6.45) is 0. The fraction of sp³-hybridized carbons (Fsp3) is 0.619. The van der Waals surface area contributed by atoms with Crippen molar-refractivity contribution in [3.05, 3.63) is 23.8 Å². The SMILES string of the molecule is CCNC(=NCc1ccc(OC)c(O)c1)N1CCN(CC(=O)N2CCOCC2)CC1. The Balaban J connectivity index is 1.52. The molecule has 2 heterocycles. The van der Waals surface area contributed by atoms with E-state index in [-0.39, 0.29) is 11.7 Å². The van der Waals surface area contributed by atoms with Gasteiger partial charge in [0.25, 0.3) is 0 Å². The van der Waals surface area contributed by atoms with E-state index in [1.54, 1.807) is 12.1 Å². The lowest BCUT2D eigenvalue weighted by molar-refractivity contribution is -0.136. The number of phenolic OH excluding ortho intramolecular Hbond substituents is 1. The van der Waals surface area contributed by atoms with Crippen LogP contribution in [-0.4, -0.2) is 104 Å². The number of guanidine groups is 1. The fourth-order valence-corrected chi connectivity index (χ4v) is 3.65. The third-order valence-corrected chi connectivity index (χ3v) is 5.38. The molecule has 0 unspecified atom stereocenters. The Kier molecular flexibility index (Phi) is 8.15. The molecule has 3 rings (SSSR count). The number of rotatable bonds is 6. The van der Waals surface area contributed by atoms with Gasteiger partial charge in [-0.25, -0.2) is 4.99 Å². The van der Waals surface area contributed by atoms with Gasteiger partial charge < -0.3 is 29.7 Å². The molecule has 2 aliphatic heterocycles. The molecule has 0 spiro atoms. The van der Waals surface area contributed by atoms with Crippen LogP contribution in [0, 0.1) is 0 Å². The summed E-state index contributed by atoms with van der Waals surface area (Å²) in [5, 5.41) is 13.3. The molecule has 0 aliphatic carbocycles. The number of aliphatic imine (C=N–C) groups is 1. The molecule has 1 aromatic carbocycles. The monoisotopic (exact) mass is 419 g/mol. The largest absolute Gasteiger partial charge is 0.504 e. The Hall–Kier alpha value is -2.52. The number of nitrogens with one attached hydrogen (secondary N) is 1. The molecular formula is C21H33N5O4. The summed E-state index contributed by atoms with van der Waals surface area (Å²) >= 11 is 0. The number of amides is 1. The van der Waals surface area contributed by atoms with Crippen LogP contribution in [0.15, 0.2) is 23.2 Å². The van der Waals surface area contributed by atoms with Gasteiger partial charge in [-0.1, -0.05) is 6.07 Å². The maximum atomic E-state index is 12.5. The number of ether oxygens (including phenoxy) is 2. The van der Waals surface area contributed by atoms with Gasteiger partial charge in [0, 0.05) is 45.8 Å². The van der Waals surface area contributed by atoms with E-state index in [9.17, 15) is 9.90 Å². The first-order valence-corrected chi connectivity index (χ1v) is 10.6. The fourth-order valence-electron chi connectivity index (χ4n) is 3.65. The number of carbonyl (C=O) groups is 1. The second-order valence-electron chi connectivity index (χ2n) is 7.43. The van der Waals surface area contributed by atoms with Crippen LogP contribution in [0.1, 0.15) is 12.5 Å². The van der Waals surface area contributed by atoms with Gasteiger partial charge in [-0.3, -0.25) is 9.69 Å². The first-order valence-electron chi connectivity index (χ1n) is 10.6. The minimum Gasteiger partial charge on any atom is -0.504 e. The normalized spacial score (nSPS) is 18.4. The molecule has 9 heteroatoms. The van der Waals surface area contributed by atoms with Crippen LogP contribution in [0.25, 0.3) is 0 Å². The van der Waals surface area contributed by atoms with E-state index in [2.05, 4.69) is 15.1 Å². The number of nitrogens with zero attached hydrogens (tertiary/aromatic N) is 4. The van der Waals surface area contributed by atoms with Crippen molar-refractivity contribution in [2.45, 2.75) is 13.5 Å². The van der Waals surface area contributed by atoms with Crippen molar-refractivity contribution in [3.8, 4) is 11.5 Å². The van der Waals surface area contributed by atoms with E-state index in [1.807, 2.05) is 17.9 Å². The lowest BCUT2D eigenvalue weighted by Crippen LogP contribution is -2.54. The zero-order valence-electron chi connectivity index (χ0n) is 18.0. The molecule has 0 aromatic heterocycles. The third kappa shape index (κ3) is 5.99. The Morgan fingerprint density at radius 3 is 2.53 bits per heavy atom. The van der Waals surface area contributed by atoms with Gasteiger partial charge in [0.15, 0.2) is 17.5 Å². The van der Waals surface area contributed by atoms with E-state index in [4.69, 9.17) is 14.5 Å². The summed E-state index contributed by atoms with van der Waals surface area (Å²) in [6.45, 7) is 9.69. The number of hydrogen-bond donors (Lipinski definition) is 2. The zero-order valence-corrected chi connectivity index (χ0v) is 18.0. The Morgan fingerprint density at radius 1 is 1.17 bits per heavy atom. The van der Waals surface area contributed by atoms with Gasteiger partial charge in [-0.2, -0.15) is 0 Å². The van der Waals surface area contributed by atoms with E-state index in [0.717, 1.165) is 44.2 Å². The number of phenols is 1. The molecule has 30 heavy (non-hydrogen) atoms. The first kappa shape index (κ1) is 22.2. The maximum Gasteiger partial charge on any atom is 0.236 e. The summed E-state index contributed by atoms with van der Waals surface area (Å²) < 4.78 is 10.4. The molecule has 0 saturated carbocycles. The third-order valence-electron chi connectivity index (χ3n) is 5.38. The Morgan fingerprint density at radius 2 is 1.90 bits per heavy atom. The van der Waals surface area contributed by atoms with E-state index in [0.29, 0.717) is 45.1 Å². The van der Waals surface area contributed by atoms with Crippen molar-refractivity contribution < 1.29 is 19.4 Å². The molecule has 2 aliphatic rings. The number of benzene rings is 1. The number of methoxy groups -OCH3 is 1. The van der Waals surface area contributed by atoms with Gasteiger partial charge in [-0.05, 0) is 24.6 Å². The standard InChI is InChI=1S/C21H33N5O4/c1-3-22-21(23-15-17-4-5-19(29-2)18(27)14-17)26-8-6-24(7-9-26)16-20(28)25-10-12-30-13-11-25/h4-5,14,27H,3,6-13,15-16H2,1-2H3,(H,22,23). The zero-order chi connectivity index (χ0) is 21.3. The van der Waals surface area contributed by atoms with Crippen molar-refractivity contribution in [1.82, 2.24) is 20.0 Å². The Bertz CT molecular complexity index is 728. The number of piperazine rings is 1. The average molecular weight is 420 g/mol. The molecule has 2 saturated heterocycles. The molecule has 2 N–H and O–H groups in total. The highest BCUT2D eigenvalue weighted by Crippen LogP contribution is 2.26. The van der Waals surface area contributed by atoms with Crippen molar-refractivity contribution >= 4 is 11.9 Å². The lowest BCUT2D eigenvalue weighted by Gasteiger charge is -2.37. The molecule has 9 nitrogen and oxygen atoms in total. The summed E-state index contributed by atoms with van der Waals surface area (Å²) in [4.78, 5) is 23.5. The quantitative estimate of drug-likeness (QED) is 0.508. The van der Waals surface area contributed by atoms with Crippen LogP contribution in [0.5, 0.6) is 11.5 Å². The van der Waals surface area contributed by atoms with Crippen LogP contribution >= 0.6 is 0 Å². The van der Waals surface area contributed by atoms with Gasteiger partial charge in [0.05, 0.1) is 33.4 Å². The van der Waals surface area contributed by atoms with Gasteiger partial charge in [0.2, 0.25) is 5.91 Å². The van der Waals surface area contributed by atoms with Crippen molar-refractivity contribution in [2.24, 2.45) is 4.99 Å². The summed E-state index contributed by atoms with van der Waals surface area (Å²) in [7, 11) is 1.53. The molecular weight excluding hydrogens is 386 g/mol. The van der Waals surface area contributed by atoms with Gasteiger partial charge in [0.1, 0.15) is 0 Å². The number of aromatic hydroxyl groups is 1. The van der Waals surface area contributed by atoms with Crippen molar-refractivity contribution in [2.75, 3.05) is 72.7 Å². The van der Waals surface area contributed by atoms with E-state index in [1.165, 1.54) is 7.11 Å². The number of carbonyl (C=O) groups excluding carboxylic acids is 1. The highest BCUT2D eigenvalue weighted by molar-refractivity contribution is 5.80. The van der Waals surface area contributed by atoms with Crippen LogP contribution in [-0.2, 0) is 16.1 Å². The minimum atomic E-state index is 0.119. The average Bonchev–Trinajstić information content (AvgIpc) is 2.78. The smallest absolute Gasteiger partial charge is 0.236 e. The van der Waals surface area contributed by atoms with Crippen LogP contribution < -0.4 is 10.1 Å². The molecule has 0 radical (unpaired) electrons. The van der Waals surface area contributed by atoms with Gasteiger partial charge >= 0.3 is 0 Å². The number of morpholine rings is 1. The van der Waals surface area contributed by atoms with Crippen molar-refractivity contribution in [3.63, 3.8) is 0 Å². The van der Waals surface area contributed by atoms with E-state index >= 15 is 0 Å². The topological polar surface area (TPSA) is 89.9 Å². The summed E-state index contributed by atoms with van der Waals surface area (Å²) in [5.74, 6) is 1.62. The van der Waals surface area contributed by atoms with E-state index < -0.39 is 0 Å². The van der Waals surface area contributed by atoms with Crippen LogP contribution in [0.3, 0.4) is 0 Å². The van der Waals surface area contributed by atoms with Crippen LogP contribution in [0.2, 0.25) is 0 Å². The van der Waals surface area contributed by atoms with Crippen molar-refractivity contribution in [1.29, 1.82) is 0 Å².